The maximum Gasteiger partial charge on any atom is 0.323 e. The summed E-state index contributed by atoms with van der Waals surface area (Å²) in [6.45, 7) is 1.58. The molecule has 0 spiro atoms. The Morgan fingerprint density at radius 1 is 1.29 bits per heavy atom. The molecule has 0 bridgehead atoms. The normalized spacial score (nSPS) is 10.1. The number of aryl methyl sites for hydroxylation is 1. The van der Waals surface area contributed by atoms with Crippen molar-refractivity contribution in [2.75, 3.05) is 0 Å². The van der Waals surface area contributed by atoms with E-state index in [0.29, 0.717) is 5.69 Å². The molecule has 6 heteroatoms. The van der Waals surface area contributed by atoms with Gasteiger partial charge in [-0.25, -0.2) is 4.79 Å². The summed E-state index contributed by atoms with van der Waals surface area (Å²) in [6.07, 6.45) is -0.338. The lowest BCUT2D eigenvalue weighted by Crippen LogP contribution is -2.07. The Balaban J connectivity index is 2.74. The Morgan fingerprint density at radius 3 is 2.36 bits per heavy atom. The van der Waals surface area contributed by atoms with Gasteiger partial charge in [0.05, 0.1) is 6.42 Å². The summed E-state index contributed by atoms with van der Waals surface area (Å²) in [4.78, 5) is 37.0. The van der Waals surface area contributed by atoms with Crippen molar-refractivity contribution in [1.82, 2.24) is 9.97 Å². The van der Waals surface area contributed by atoms with Gasteiger partial charge in [0.25, 0.3) is 0 Å². The summed E-state index contributed by atoms with van der Waals surface area (Å²) in [5.41, 5.74) is 0.141. The van der Waals surface area contributed by atoms with Crippen molar-refractivity contribution < 1.29 is 14.7 Å². The summed E-state index contributed by atoms with van der Waals surface area (Å²) in [5.74, 6) is -1.41. The third kappa shape index (κ3) is 2.32. The Labute approximate surface area is 79.0 Å². The highest BCUT2D eigenvalue weighted by Crippen LogP contribution is 2.04. The number of carboxylic acid groups (broad SMARTS) is 1. The molecule has 0 saturated heterocycles. The van der Waals surface area contributed by atoms with Gasteiger partial charge < -0.3 is 15.1 Å². The van der Waals surface area contributed by atoms with Crippen molar-refractivity contribution in [2.45, 2.75) is 19.8 Å². The van der Waals surface area contributed by atoms with Crippen molar-refractivity contribution in [3.05, 3.63) is 21.9 Å². The minimum absolute atomic E-state index is 0.107. The van der Waals surface area contributed by atoms with Gasteiger partial charge in [0, 0.05) is 12.1 Å². The molecule has 0 aliphatic carbocycles. The molecule has 0 amide bonds. The van der Waals surface area contributed by atoms with Crippen LogP contribution in [0.5, 0.6) is 0 Å². The number of hydrogen-bond donors (Lipinski definition) is 3. The predicted octanol–water partition coefficient (Wildman–Crippen LogP) is 0.0589. The van der Waals surface area contributed by atoms with Crippen LogP contribution in [0.1, 0.15) is 29.0 Å². The second kappa shape index (κ2) is 3.91. The molecule has 3 N–H and O–H groups in total. The highest BCUT2D eigenvalue weighted by molar-refractivity contribution is 5.96. The molecule has 0 saturated carbocycles. The molecule has 0 unspecified atom stereocenters. The van der Waals surface area contributed by atoms with E-state index >= 15 is 0 Å². The average Bonchev–Trinajstić information content (AvgIpc) is 2.41. The molecule has 0 radical (unpaired) electrons. The molecule has 76 valence electrons. The Morgan fingerprint density at radius 2 is 1.93 bits per heavy atom. The van der Waals surface area contributed by atoms with E-state index in [1.54, 1.807) is 6.92 Å². The third-order valence-corrected chi connectivity index (χ3v) is 1.76. The number of imidazole rings is 1. The molecule has 0 fully saturated rings. The van der Waals surface area contributed by atoms with E-state index in [1.807, 2.05) is 0 Å². The minimum atomic E-state index is -1.03. The van der Waals surface area contributed by atoms with E-state index in [2.05, 4.69) is 9.97 Å². The van der Waals surface area contributed by atoms with Crippen molar-refractivity contribution in [1.29, 1.82) is 0 Å². The topological polar surface area (TPSA) is 103 Å². The van der Waals surface area contributed by atoms with Gasteiger partial charge in [-0.15, -0.1) is 0 Å². The Kier molecular flexibility index (Phi) is 2.85. The highest BCUT2D eigenvalue weighted by atomic mass is 16.4. The first kappa shape index (κ1) is 10.2. The molecular weight excluding hydrogens is 188 g/mol. The van der Waals surface area contributed by atoms with E-state index < -0.39 is 11.7 Å². The van der Waals surface area contributed by atoms with Gasteiger partial charge in [-0.3, -0.25) is 9.59 Å². The molecule has 14 heavy (non-hydrogen) atoms. The maximum absolute atomic E-state index is 11.3. The van der Waals surface area contributed by atoms with E-state index in [1.165, 1.54) is 0 Å². The van der Waals surface area contributed by atoms with Crippen LogP contribution in [0.4, 0.5) is 0 Å². The SMILES string of the molecule is Cc1[nH]c(=O)[nH]c1C(=O)CCC(=O)O. The summed E-state index contributed by atoms with van der Waals surface area (Å²) in [7, 11) is 0. The van der Waals surface area contributed by atoms with Crippen molar-refractivity contribution in [3.8, 4) is 0 Å². The number of carboxylic acids is 1. The number of aromatic nitrogens is 2. The average molecular weight is 198 g/mol. The largest absolute Gasteiger partial charge is 0.481 e. The zero-order valence-electron chi connectivity index (χ0n) is 7.59. The number of Topliss-reactive ketones (excluding diaryl/α,β-unsaturated/α-hetero) is 1. The third-order valence-electron chi connectivity index (χ3n) is 1.76. The van der Waals surface area contributed by atoms with Crippen LogP contribution < -0.4 is 5.69 Å². The summed E-state index contributed by atoms with van der Waals surface area (Å²) in [5, 5.41) is 8.35. The van der Waals surface area contributed by atoms with Gasteiger partial charge in [0.2, 0.25) is 0 Å². The fraction of sp³-hybridized carbons (Fsp3) is 0.375. The van der Waals surface area contributed by atoms with E-state index in [-0.39, 0.29) is 24.3 Å². The molecule has 1 heterocycles. The first-order valence-corrected chi connectivity index (χ1v) is 4.04. The Bertz CT molecular complexity index is 415. The molecular formula is C8H10N2O4. The predicted molar refractivity (Wildman–Crippen MR) is 47.4 cm³/mol. The van der Waals surface area contributed by atoms with Crippen molar-refractivity contribution in [2.24, 2.45) is 0 Å². The number of H-pyrrole nitrogens is 2. The molecule has 0 aliphatic heterocycles. The summed E-state index contributed by atoms with van der Waals surface area (Å²) < 4.78 is 0. The molecule has 1 aromatic rings. The van der Waals surface area contributed by atoms with Gasteiger partial charge in [0.1, 0.15) is 5.69 Å². The monoisotopic (exact) mass is 198 g/mol. The smallest absolute Gasteiger partial charge is 0.323 e. The summed E-state index contributed by atoms with van der Waals surface area (Å²) >= 11 is 0. The van der Waals surface area contributed by atoms with E-state index in [0.717, 1.165) is 0 Å². The van der Waals surface area contributed by atoms with Gasteiger partial charge in [0.15, 0.2) is 5.78 Å². The number of carbonyl (C=O) groups is 2. The lowest BCUT2D eigenvalue weighted by molar-refractivity contribution is -0.136. The standard InChI is InChI=1S/C8H10N2O4/c1-4-7(10-8(14)9-4)5(11)2-3-6(12)13/h2-3H2,1H3,(H,12,13)(H2,9,10,14). The first-order valence-electron chi connectivity index (χ1n) is 4.04. The van der Waals surface area contributed by atoms with Crippen LogP contribution in [0.3, 0.4) is 0 Å². The number of rotatable bonds is 4. The zero-order chi connectivity index (χ0) is 10.7. The number of nitrogens with one attached hydrogen (secondary N) is 2. The second-order valence-electron chi connectivity index (χ2n) is 2.90. The van der Waals surface area contributed by atoms with Crippen LogP contribution in [0.25, 0.3) is 0 Å². The van der Waals surface area contributed by atoms with Crippen LogP contribution in [-0.2, 0) is 4.79 Å². The fourth-order valence-corrected chi connectivity index (χ4v) is 1.10. The van der Waals surface area contributed by atoms with E-state index in [9.17, 15) is 14.4 Å². The number of ketones is 1. The lowest BCUT2D eigenvalue weighted by Gasteiger charge is -1.95. The number of aromatic amines is 2. The second-order valence-corrected chi connectivity index (χ2v) is 2.90. The van der Waals surface area contributed by atoms with Crippen LogP contribution in [-0.4, -0.2) is 26.8 Å². The molecule has 0 aliphatic rings. The Hall–Kier alpha value is -1.85. The molecule has 0 aromatic carbocycles. The number of carbonyl (C=O) groups excluding carboxylic acids is 1. The van der Waals surface area contributed by atoms with Crippen LogP contribution >= 0.6 is 0 Å². The number of aliphatic carboxylic acids is 1. The van der Waals surface area contributed by atoms with Gasteiger partial charge >= 0.3 is 11.7 Å². The van der Waals surface area contributed by atoms with Gasteiger partial charge in [-0.1, -0.05) is 0 Å². The first-order chi connectivity index (χ1) is 6.50. The van der Waals surface area contributed by atoms with Gasteiger partial charge in [-0.2, -0.15) is 0 Å². The van der Waals surface area contributed by atoms with Gasteiger partial charge in [-0.05, 0) is 6.92 Å². The van der Waals surface area contributed by atoms with Crippen LogP contribution in [0.2, 0.25) is 0 Å². The fourth-order valence-electron chi connectivity index (χ4n) is 1.10. The molecule has 1 rings (SSSR count). The van der Waals surface area contributed by atoms with Crippen molar-refractivity contribution in [3.63, 3.8) is 0 Å². The van der Waals surface area contributed by atoms with Crippen LogP contribution in [0, 0.1) is 6.92 Å². The maximum atomic E-state index is 11.3. The van der Waals surface area contributed by atoms with E-state index in [4.69, 9.17) is 5.11 Å². The lowest BCUT2D eigenvalue weighted by atomic mass is 10.1. The molecule has 1 aromatic heterocycles. The molecule has 0 atom stereocenters. The minimum Gasteiger partial charge on any atom is -0.481 e. The van der Waals surface area contributed by atoms with Crippen LogP contribution in [0.15, 0.2) is 4.79 Å². The zero-order valence-corrected chi connectivity index (χ0v) is 7.59. The molecule has 6 nitrogen and oxygen atoms in total. The summed E-state index contributed by atoms with van der Waals surface area (Å²) in [6, 6.07) is 0. The quantitative estimate of drug-likeness (QED) is 0.595. The number of hydrogen-bond acceptors (Lipinski definition) is 3. The van der Waals surface area contributed by atoms with Crippen molar-refractivity contribution >= 4 is 11.8 Å². The highest BCUT2D eigenvalue weighted by Gasteiger charge is 2.13.